The van der Waals surface area contributed by atoms with Crippen molar-refractivity contribution in [2.24, 2.45) is 5.41 Å². The minimum Gasteiger partial charge on any atom is -0.385 e. The lowest BCUT2D eigenvalue weighted by molar-refractivity contribution is -0.127. The van der Waals surface area contributed by atoms with E-state index >= 15 is 0 Å². The number of carbonyl (C=O) groups is 1. The van der Waals surface area contributed by atoms with E-state index in [1.54, 1.807) is 14.2 Å². The Bertz CT molecular complexity index is 294. The molecule has 0 spiro atoms. The highest BCUT2D eigenvalue weighted by Crippen LogP contribution is 2.42. The zero-order valence-corrected chi connectivity index (χ0v) is 12.8. The molecule has 5 heteroatoms. The molecule has 1 amide bonds. The first-order chi connectivity index (χ1) is 8.93. The minimum atomic E-state index is -0.176. The number of methoxy groups -OCH3 is 2. The molecule has 3 atom stereocenters. The van der Waals surface area contributed by atoms with Crippen molar-refractivity contribution in [1.82, 2.24) is 10.6 Å². The van der Waals surface area contributed by atoms with E-state index in [1.165, 1.54) is 0 Å². The summed E-state index contributed by atoms with van der Waals surface area (Å²) < 4.78 is 10.4. The molecule has 1 saturated carbocycles. The standard InChI is InChI=1S/C14H28N2O3/c1-10(13(17)15-7-6-8-18-4)16-11-9-12(19-5)14(11,2)3/h10-12,16H,6-9H2,1-5H3,(H,15,17). The van der Waals surface area contributed by atoms with Crippen LogP contribution in [0.3, 0.4) is 0 Å². The largest absolute Gasteiger partial charge is 0.385 e. The summed E-state index contributed by atoms with van der Waals surface area (Å²) in [5.41, 5.74) is 0.0827. The Morgan fingerprint density at radius 1 is 1.42 bits per heavy atom. The van der Waals surface area contributed by atoms with Gasteiger partial charge in [-0.3, -0.25) is 4.79 Å². The summed E-state index contributed by atoms with van der Waals surface area (Å²) in [5, 5.41) is 6.30. The lowest BCUT2D eigenvalue weighted by atomic mass is 9.64. The zero-order valence-electron chi connectivity index (χ0n) is 12.8. The second kappa shape index (κ2) is 7.22. The average molecular weight is 272 g/mol. The van der Waals surface area contributed by atoms with Crippen molar-refractivity contribution in [2.45, 2.75) is 51.8 Å². The Labute approximate surface area is 116 Å². The summed E-state index contributed by atoms with van der Waals surface area (Å²) in [5.74, 6) is 0.0489. The molecular weight excluding hydrogens is 244 g/mol. The second-order valence-corrected chi connectivity index (χ2v) is 5.86. The number of hydrogen-bond donors (Lipinski definition) is 2. The summed E-state index contributed by atoms with van der Waals surface area (Å²) in [4.78, 5) is 11.9. The molecule has 3 unspecified atom stereocenters. The first-order valence-corrected chi connectivity index (χ1v) is 6.99. The molecule has 0 aromatic rings. The SMILES string of the molecule is COCCCNC(=O)C(C)NC1CC(OC)C1(C)C. The molecule has 1 aliphatic rings. The van der Waals surface area contributed by atoms with E-state index < -0.39 is 0 Å². The molecule has 0 heterocycles. The summed E-state index contributed by atoms with van der Waals surface area (Å²) in [6.07, 6.45) is 2.09. The van der Waals surface area contributed by atoms with Crippen molar-refractivity contribution in [3.05, 3.63) is 0 Å². The van der Waals surface area contributed by atoms with Gasteiger partial charge >= 0.3 is 0 Å². The summed E-state index contributed by atoms with van der Waals surface area (Å²) in [7, 11) is 3.41. The van der Waals surface area contributed by atoms with Crippen molar-refractivity contribution in [2.75, 3.05) is 27.4 Å². The highest BCUT2D eigenvalue weighted by Gasteiger charge is 2.49. The van der Waals surface area contributed by atoms with Crippen LogP contribution in [0.2, 0.25) is 0 Å². The lowest BCUT2D eigenvalue weighted by Crippen LogP contribution is -2.63. The van der Waals surface area contributed by atoms with Crippen molar-refractivity contribution in [3.8, 4) is 0 Å². The van der Waals surface area contributed by atoms with Gasteiger partial charge in [-0.05, 0) is 19.8 Å². The topological polar surface area (TPSA) is 59.6 Å². The summed E-state index contributed by atoms with van der Waals surface area (Å²) >= 11 is 0. The van der Waals surface area contributed by atoms with Crippen LogP contribution in [0, 0.1) is 5.41 Å². The van der Waals surface area contributed by atoms with E-state index in [9.17, 15) is 4.79 Å². The quantitative estimate of drug-likeness (QED) is 0.645. The Kier molecular flexibility index (Phi) is 6.23. The number of carbonyl (C=O) groups excluding carboxylic acids is 1. The van der Waals surface area contributed by atoms with Gasteiger partial charge in [-0.2, -0.15) is 0 Å². The zero-order chi connectivity index (χ0) is 14.5. The molecule has 5 nitrogen and oxygen atoms in total. The van der Waals surface area contributed by atoms with Crippen LogP contribution < -0.4 is 10.6 Å². The molecule has 0 bridgehead atoms. The Balaban J connectivity index is 2.27. The molecule has 0 aromatic heterocycles. The van der Waals surface area contributed by atoms with Gasteiger partial charge in [0.25, 0.3) is 0 Å². The van der Waals surface area contributed by atoms with Crippen molar-refractivity contribution < 1.29 is 14.3 Å². The predicted octanol–water partition coefficient (Wildman–Crippen LogP) is 0.931. The second-order valence-electron chi connectivity index (χ2n) is 5.86. The monoisotopic (exact) mass is 272 g/mol. The highest BCUT2D eigenvalue weighted by atomic mass is 16.5. The van der Waals surface area contributed by atoms with Crippen molar-refractivity contribution in [1.29, 1.82) is 0 Å². The molecule has 0 aliphatic heterocycles. The Morgan fingerprint density at radius 3 is 2.63 bits per heavy atom. The van der Waals surface area contributed by atoms with E-state index in [4.69, 9.17) is 9.47 Å². The fourth-order valence-corrected chi connectivity index (χ4v) is 2.53. The Hall–Kier alpha value is -0.650. The molecule has 112 valence electrons. The minimum absolute atomic E-state index is 0.0489. The third kappa shape index (κ3) is 4.16. The van der Waals surface area contributed by atoms with Gasteiger partial charge in [-0.1, -0.05) is 13.8 Å². The maximum atomic E-state index is 11.9. The van der Waals surface area contributed by atoms with Gasteiger partial charge in [0.1, 0.15) is 0 Å². The third-order valence-corrected chi connectivity index (χ3v) is 4.13. The van der Waals surface area contributed by atoms with Crippen LogP contribution in [-0.2, 0) is 14.3 Å². The summed E-state index contributed by atoms with van der Waals surface area (Å²) in [6.45, 7) is 7.58. The lowest BCUT2D eigenvalue weighted by Gasteiger charge is -2.52. The van der Waals surface area contributed by atoms with Gasteiger partial charge < -0.3 is 20.1 Å². The van der Waals surface area contributed by atoms with E-state index in [2.05, 4.69) is 24.5 Å². The molecule has 1 aliphatic carbocycles. The Morgan fingerprint density at radius 2 is 2.11 bits per heavy atom. The molecule has 1 rings (SSSR count). The fourth-order valence-electron chi connectivity index (χ4n) is 2.53. The molecular formula is C14H28N2O3. The maximum absolute atomic E-state index is 11.9. The van der Waals surface area contributed by atoms with Crippen LogP contribution in [0.5, 0.6) is 0 Å². The number of ether oxygens (including phenoxy) is 2. The van der Waals surface area contributed by atoms with Crippen LogP contribution >= 0.6 is 0 Å². The van der Waals surface area contributed by atoms with Gasteiger partial charge in [0.15, 0.2) is 0 Å². The van der Waals surface area contributed by atoms with Crippen LogP contribution in [0.25, 0.3) is 0 Å². The van der Waals surface area contributed by atoms with Crippen LogP contribution in [-0.4, -0.2) is 51.5 Å². The van der Waals surface area contributed by atoms with E-state index in [0.29, 0.717) is 19.2 Å². The maximum Gasteiger partial charge on any atom is 0.236 e. The third-order valence-electron chi connectivity index (χ3n) is 4.13. The number of amides is 1. The van der Waals surface area contributed by atoms with E-state index in [-0.39, 0.29) is 23.5 Å². The van der Waals surface area contributed by atoms with Gasteiger partial charge in [-0.15, -0.1) is 0 Å². The van der Waals surface area contributed by atoms with Crippen LogP contribution in [0.1, 0.15) is 33.6 Å². The van der Waals surface area contributed by atoms with Crippen LogP contribution in [0.4, 0.5) is 0 Å². The number of rotatable bonds is 8. The van der Waals surface area contributed by atoms with Crippen molar-refractivity contribution in [3.63, 3.8) is 0 Å². The molecule has 19 heavy (non-hydrogen) atoms. The fraction of sp³-hybridized carbons (Fsp3) is 0.929. The summed E-state index contributed by atoms with van der Waals surface area (Å²) in [6, 6.07) is 0.154. The first kappa shape index (κ1) is 16.4. The van der Waals surface area contributed by atoms with E-state index in [1.807, 2.05) is 6.92 Å². The van der Waals surface area contributed by atoms with Crippen LogP contribution in [0.15, 0.2) is 0 Å². The smallest absolute Gasteiger partial charge is 0.236 e. The first-order valence-electron chi connectivity index (χ1n) is 6.99. The van der Waals surface area contributed by atoms with Gasteiger partial charge in [0, 0.05) is 38.8 Å². The number of nitrogens with one attached hydrogen (secondary N) is 2. The number of hydrogen-bond acceptors (Lipinski definition) is 4. The van der Waals surface area contributed by atoms with Gasteiger partial charge in [0.05, 0.1) is 12.1 Å². The molecule has 0 saturated heterocycles. The van der Waals surface area contributed by atoms with Gasteiger partial charge in [0.2, 0.25) is 5.91 Å². The van der Waals surface area contributed by atoms with Crippen molar-refractivity contribution >= 4 is 5.91 Å². The molecule has 0 aromatic carbocycles. The molecule has 0 radical (unpaired) electrons. The predicted molar refractivity (Wildman–Crippen MR) is 75.1 cm³/mol. The molecule has 2 N–H and O–H groups in total. The normalized spacial score (nSPS) is 26.6. The average Bonchev–Trinajstić information content (AvgIpc) is 2.38. The highest BCUT2D eigenvalue weighted by molar-refractivity contribution is 5.81. The van der Waals surface area contributed by atoms with E-state index in [0.717, 1.165) is 12.8 Å². The van der Waals surface area contributed by atoms with Gasteiger partial charge in [-0.25, -0.2) is 0 Å². The molecule has 1 fully saturated rings.